The summed E-state index contributed by atoms with van der Waals surface area (Å²) in [5.74, 6) is -0.154. The van der Waals surface area contributed by atoms with Crippen molar-refractivity contribution in [1.29, 1.82) is 0 Å². The SMILES string of the molecule is C=CCN1C(=O)C(C(C)C)NC(=O)C1(C)c1ccccc1. The van der Waals surface area contributed by atoms with Gasteiger partial charge in [-0.3, -0.25) is 9.59 Å². The van der Waals surface area contributed by atoms with E-state index in [4.69, 9.17) is 0 Å². The Hall–Kier alpha value is -2.10. The molecule has 2 rings (SSSR count). The van der Waals surface area contributed by atoms with E-state index in [9.17, 15) is 9.59 Å². The highest BCUT2D eigenvalue weighted by Gasteiger charge is 2.50. The number of hydrogen-bond acceptors (Lipinski definition) is 2. The van der Waals surface area contributed by atoms with E-state index >= 15 is 0 Å². The lowest BCUT2D eigenvalue weighted by Crippen LogP contribution is -2.68. The van der Waals surface area contributed by atoms with Crippen LogP contribution in [-0.4, -0.2) is 29.3 Å². The summed E-state index contributed by atoms with van der Waals surface area (Å²) in [6.07, 6.45) is 1.66. The van der Waals surface area contributed by atoms with Gasteiger partial charge in [-0.05, 0) is 18.4 Å². The summed E-state index contributed by atoms with van der Waals surface area (Å²) in [4.78, 5) is 27.1. The summed E-state index contributed by atoms with van der Waals surface area (Å²) in [6.45, 7) is 9.71. The van der Waals surface area contributed by atoms with Gasteiger partial charge in [-0.2, -0.15) is 0 Å². The molecule has 1 saturated heterocycles. The summed E-state index contributed by atoms with van der Waals surface area (Å²) in [7, 11) is 0. The molecular formula is C17H22N2O2. The predicted molar refractivity (Wildman–Crippen MR) is 82.5 cm³/mol. The van der Waals surface area contributed by atoms with Crippen molar-refractivity contribution in [2.45, 2.75) is 32.4 Å². The fraction of sp³-hybridized carbons (Fsp3) is 0.412. The van der Waals surface area contributed by atoms with Gasteiger partial charge in [0.15, 0.2) is 0 Å². The van der Waals surface area contributed by atoms with Crippen LogP contribution < -0.4 is 5.32 Å². The van der Waals surface area contributed by atoms with Gasteiger partial charge in [-0.25, -0.2) is 0 Å². The highest BCUT2D eigenvalue weighted by molar-refractivity contribution is 6.00. The summed E-state index contributed by atoms with van der Waals surface area (Å²) in [6, 6.07) is 8.91. The van der Waals surface area contributed by atoms with E-state index < -0.39 is 11.6 Å². The quantitative estimate of drug-likeness (QED) is 0.861. The zero-order valence-electron chi connectivity index (χ0n) is 12.8. The summed E-state index contributed by atoms with van der Waals surface area (Å²) in [5.41, 5.74) is -0.197. The van der Waals surface area contributed by atoms with E-state index in [-0.39, 0.29) is 17.7 Å². The molecular weight excluding hydrogens is 264 g/mol. The summed E-state index contributed by atoms with van der Waals surface area (Å²) >= 11 is 0. The lowest BCUT2D eigenvalue weighted by molar-refractivity contribution is -0.157. The summed E-state index contributed by atoms with van der Waals surface area (Å²) < 4.78 is 0. The van der Waals surface area contributed by atoms with Crippen molar-refractivity contribution >= 4 is 11.8 Å². The van der Waals surface area contributed by atoms with E-state index in [1.807, 2.05) is 44.2 Å². The molecule has 0 aliphatic carbocycles. The number of carbonyl (C=O) groups is 2. The van der Waals surface area contributed by atoms with E-state index in [0.717, 1.165) is 5.56 Å². The Labute approximate surface area is 125 Å². The molecule has 0 saturated carbocycles. The van der Waals surface area contributed by atoms with Gasteiger partial charge in [-0.1, -0.05) is 50.3 Å². The number of piperazine rings is 1. The number of carbonyl (C=O) groups excluding carboxylic acids is 2. The third kappa shape index (κ3) is 2.46. The number of rotatable bonds is 4. The lowest BCUT2D eigenvalue weighted by atomic mass is 9.84. The van der Waals surface area contributed by atoms with E-state index in [1.165, 1.54) is 0 Å². The van der Waals surface area contributed by atoms with Crippen LogP contribution in [0.1, 0.15) is 26.3 Å². The number of nitrogens with zero attached hydrogens (tertiary/aromatic N) is 1. The first-order valence-electron chi connectivity index (χ1n) is 7.21. The number of benzene rings is 1. The van der Waals surface area contributed by atoms with Crippen LogP contribution in [0.15, 0.2) is 43.0 Å². The Bertz CT molecular complexity index is 553. The largest absolute Gasteiger partial charge is 0.342 e. The number of nitrogens with one attached hydrogen (secondary N) is 1. The normalized spacial score (nSPS) is 25.9. The summed E-state index contributed by atoms with van der Waals surface area (Å²) in [5, 5.41) is 2.88. The maximum atomic E-state index is 12.8. The van der Waals surface area contributed by atoms with Crippen molar-refractivity contribution in [3.8, 4) is 0 Å². The first-order chi connectivity index (χ1) is 9.92. The minimum Gasteiger partial charge on any atom is -0.342 e. The molecule has 1 aliphatic heterocycles. The molecule has 1 heterocycles. The second kappa shape index (κ2) is 5.72. The molecule has 0 bridgehead atoms. The zero-order chi connectivity index (χ0) is 15.6. The van der Waals surface area contributed by atoms with Crippen molar-refractivity contribution in [1.82, 2.24) is 10.2 Å². The first-order valence-corrected chi connectivity index (χ1v) is 7.21. The van der Waals surface area contributed by atoms with Crippen LogP contribution in [0.2, 0.25) is 0 Å². The molecule has 21 heavy (non-hydrogen) atoms. The van der Waals surface area contributed by atoms with Gasteiger partial charge in [-0.15, -0.1) is 6.58 Å². The topological polar surface area (TPSA) is 49.4 Å². The first kappa shape index (κ1) is 15.3. The molecule has 1 aromatic carbocycles. The average molecular weight is 286 g/mol. The van der Waals surface area contributed by atoms with Crippen molar-refractivity contribution in [3.63, 3.8) is 0 Å². The Kier molecular flexibility index (Phi) is 4.16. The molecule has 2 atom stereocenters. The number of amides is 2. The molecule has 2 amide bonds. The van der Waals surface area contributed by atoms with Gasteiger partial charge >= 0.3 is 0 Å². The highest BCUT2D eigenvalue weighted by Crippen LogP contribution is 2.33. The van der Waals surface area contributed by atoms with E-state index in [2.05, 4.69) is 11.9 Å². The van der Waals surface area contributed by atoms with Crippen LogP contribution in [-0.2, 0) is 15.1 Å². The van der Waals surface area contributed by atoms with Gasteiger partial charge in [0.25, 0.3) is 5.91 Å². The molecule has 2 unspecified atom stereocenters. The van der Waals surface area contributed by atoms with Gasteiger partial charge in [0, 0.05) is 6.54 Å². The second-order valence-corrected chi connectivity index (χ2v) is 5.87. The molecule has 0 radical (unpaired) electrons. The van der Waals surface area contributed by atoms with Gasteiger partial charge in [0.2, 0.25) is 5.91 Å². The molecule has 4 nitrogen and oxygen atoms in total. The van der Waals surface area contributed by atoms with Crippen LogP contribution in [0, 0.1) is 5.92 Å². The maximum absolute atomic E-state index is 12.8. The van der Waals surface area contributed by atoms with Gasteiger partial charge in [0.1, 0.15) is 11.6 Å². The molecule has 4 heteroatoms. The number of hydrogen-bond donors (Lipinski definition) is 1. The third-order valence-corrected chi connectivity index (χ3v) is 4.11. The molecule has 0 aromatic heterocycles. The molecule has 112 valence electrons. The Morgan fingerprint density at radius 1 is 1.33 bits per heavy atom. The maximum Gasteiger partial charge on any atom is 0.251 e. The fourth-order valence-corrected chi connectivity index (χ4v) is 2.76. The van der Waals surface area contributed by atoms with E-state index in [0.29, 0.717) is 6.54 Å². The third-order valence-electron chi connectivity index (χ3n) is 4.11. The average Bonchev–Trinajstić information content (AvgIpc) is 2.48. The zero-order valence-corrected chi connectivity index (χ0v) is 12.8. The van der Waals surface area contributed by atoms with Crippen LogP contribution in [0.5, 0.6) is 0 Å². The van der Waals surface area contributed by atoms with Crippen LogP contribution in [0.3, 0.4) is 0 Å². The minimum absolute atomic E-state index is 0.0501. The Balaban J connectivity index is 2.51. The Morgan fingerprint density at radius 3 is 2.48 bits per heavy atom. The monoisotopic (exact) mass is 286 g/mol. The minimum atomic E-state index is -1.00. The van der Waals surface area contributed by atoms with Crippen molar-refractivity contribution in [2.75, 3.05) is 6.54 Å². The predicted octanol–water partition coefficient (Wildman–Crippen LogP) is 2.07. The molecule has 1 aromatic rings. The smallest absolute Gasteiger partial charge is 0.251 e. The van der Waals surface area contributed by atoms with Gasteiger partial charge < -0.3 is 10.2 Å². The van der Waals surface area contributed by atoms with Gasteiger partial charge in [0.05, 0.1) is 0 Å². The lowest BCUT2D eigenvalue weighted by Gasteiger charge is -2.47. The van der Waals surface area contributed by atoms with Crippen LogP contribution in [0.4, 0.5) is 0 Å². The molecule has 1 N–H and O–H groups in total. The molecule has 1 fully saturated rings. The Morgan fingerprint density at radius 2 is 1.95 bits per heavy atom. The van der Waals surface area contributed by atoms with Crippen molar-refractivity contribution in [3.05, 3.63) is 48.6 Å². The highest BCUT2D eigenvalue weighted by atomic mass is 16.2. The van der Waals surface area contributed by atoms with Crippen molar-refractivity contribution in [2.24, 2.45) is 5.92 Å². The van der Waals surface area contributed by atoms with Crippen molar-refractivity contribution < 1.29 is 9.59 Å². The standard InChI is InChI=1S/C17H22N2O2/c1-5-11-19-15(20)14(12(2)3)18-16(21)17(19,4)13-9-7-6-8-10-13/h5-10,12,14H,1,11H2,2-4H3,(H,18,21). The molecule has 0 spiro atoms. The van der Waals surface area contributed by atoms with E-state index in [1.54, 1.807) is 17.9 Å². The van der Waals surface area contributed by atoms with Crippen LogP contribution >= 0.6 is 0 Å². The second-order valence-electron chi connectivity index (χ2n) is 5.87. The van der Waals surface area contributed by atoms with Crippen LogP contribution in [0.25, 0.3) is 0 Å². The molecule has 1 aliphatic rings. The fourth-order valence-electron chi connectivity index (χ4n) is 2.76.